The summed E-state index contributed by atoms with van der Waals surface area (Å²) < 4.78 is 2.07. The molecule has 0 fully saturated rings. The highest BCUT2D eigenvalue weighted by Crippen LogP contribution is 2.24. The fraction of sp³-hybridized carbons (Fsp3) is 0.0500. The number of fused-ring (bicyclic) bond motifs is 1. The highest BCUT2D eigenvalue weighted by atomic mass is 15.3. The molecule has 4 rings (SSSR count). The summed E-state index contributed by atoms with van der Waals surface area (Å²) in [7, 11) is 0. The van der Waals surface area contributed by atoms with Crippen LogP contribution in [-0.2, 0) is 6.42 Å². The van der Waals surface area contributed by atoms with Gasteiger partial charge in [0.2, 0.25) is 0 Å². The third kappa shape index (κ3) is 2.29. The summed E-state index contributed by atoms with van der Waals surface area (Å²) in [6.07, 6.45) is 0.871. The number of para-hydroxylation sites is 1. The second kappa shape index (κ2) is 5.49. The molecule has 1 heterocycles. The van der Waals surface area contributed by atoms with Crippen molar-refractivity contribution in [2.45, 2.75) is 6.42 Å². The van der Waals surface area contributed by atoms with Crippen molar-refractivity contribution in [2.24, 2.45) is 0 Å². The van der Waals surface area contributed by atoms with Crippen molar-refractivity contribution in [3.05, 3.63) is 96.2 Å². The lowest BCUT2D eigenvalue weighted by atomic mass is 10.1. The topological polar surface area (TPSA) is 17.8 Å². The van der Waals surface area contributed by atoms with E-state index in [0.717, 1.165) is 17.6 Å². The molecule has 0 unspecified atom stereocenters. The Labute approximate surface area is 129 Å². The predicted octanol–water partition coefficient (Wildman–Crippen LogP) is 4.62. The van der Waals surface area contributed by atoms with Crippen molar-refractivity contribution in [1.82, 2.24) is 9.78 Å². The van der Waals surface area contributed by atoms with Crippen LogP contribution in [0.25, 0.3) is 16.6 Å². The summed E-state index contributed by atoms with van der Waals surface area (Å²) in [5, 5.41) is 6.01. The highest BCUT2D eigenvalue weighted by molar-refractivity contribution is 5.82. The quantitative estimate of drug-likeness (QED) is 0.537. The van der Waals surface area contributed by atoms with Gasteiger partial charge in [-0.15, -0.1) is 0 Å². The second-order valence-corrected chi connectivity index (χ2v) is 5.37. The minimum absolute atomic E-state index is 0.871. The third-order valence-electron chi connectivity index (χ3n) is 3.89. The van der Waals surface area contributed by atoms with Crippen LogP contribution in [0, 0.1) is 0 Å². The summed E-state index contributed by atoms with van der Waals surface area (Å²) in [6, 6.07) is 29.2. The molecule has 3 aromatic carbocycles. The molecule has 0 spiro atoms. The molecule has 0 amide bonds. The number of aromatic nitrogens is 2. The molecule has 0 aliphatic rings. The third-order valence-corrected chi connectivity index (χ3v) is 3.89. The first kappa shape index (κ1) is 12.8. The Morgan fingerprint density at radius 1 is 0.682 bits per heavy atom. The lowest BCUT2D eigenvalue weighted by Crippen LogP contribution is -2.02. The van der Waals surface area contributed by atoms with Crippen molar-refractivity contribution in [1.29, 1.82) is 0 Å². The number of benzene rings is 3. The molecule has 0 N–H and O–H groups in total. The lowest BCUT2D eigenvalue weighted by Gasteiger charge is -2.08. The van der Waals surface area contributed by atoms with Gasteiger partial charge in [-0.2, -0.15) is 5.10 Å². The van der Waals surface area contributed by atoms with Crippen LogP contribution >= 0.6 is 0 Å². The van der Waals surface area contributed by atoms with Gasteiger partial charge in [0.1, 0.15) is 0 Å². The van der Waals surface area contributed by atoms with E-state index in [9.17, 15) is 0 Å². The van der Waals surface area contributed by atoms with Gasteiger partial charge in [0.05, 0.1) is 16.9 Å². The van der Waals surface area contributed by atoms with E-state index in [1.807, 2.05) is 24.3 Å². The summed E-state index contributed by atoms with van der Waals surface area (Å²) in [4.78, 5) is 0. The lowest BCUT2D eigenvalue weighted by molar-refractivity contribution is 0.836. The molecule has 2 heteroatoms. The summed E-state index contributed by atoms with van der Waals surface area (Å²) in [6.45, 7) is 0. The number of hydrogen-bond acceptors (Lipinski definition) is 1. The van der Waals surface area contributed by atoms with Crippen molar-refractivity contribution < 1.29 is 0 Å². The highest BCUT2D eigenvalue weighted by Gasteiger charge is 2.12. The molecule has 0 bridgehead atoms. The minimum Gasteiger partial charge on any atom is -0.236 e. The van der Waals surface area contributed by atoms with E-state index in [-0.39, 0.29) is 0 Å². The maximum atomic E-state index is 4.80. The van der Waals surface area contributed by atoms with Gasteiger partial charge < -0.3 is 0 Å². The van der Waals surface area contributed by atoms with Gasteiger partial charge in [-0.25, -0.2) is 4.68 Å². The van der Waals surface area contributed by atoms with Crippen LogP contribution in [0.5, 0.6) is 0 Å². The summed E-state index contributed by atoms with van der Waals surface area (Å²) in [5.41, 5.74) is 4.67. The van der Waals surface area contributed by atoms with Gasteiger partial charge in [0, 0.05) is 11.8 Å². The molecule has 2 nitrogen and oxygen atoms in total. The zero-order chi connectivity index (χ0) is 14.8. The van der Waals surface area contributed by atoms with Crippen molar-refractivity contribution in [3.8, 4) is 5.69 Å². The fourth-order valence-electron chi connectivity index (χ4n) is 2.83. The molecule has 0 saturated heterocycles. The van der Waals surface area contributed by atoms with Crippen LogP contribution in [0.2, 0.25) is 0 Å². The predicted molar refractivity (Wildman–Crippen MR) is 90.3 cm³/mol. The molecule has 0 atom stereocenters. The van der Waals surface area contributed by atoms with Gasteiger partial charge in [0.25, 0.3) is 0 Å². The summed E-state index contributed by atoms with van der Waals surface area (Å²) in [5.74, 6) is 0. The normalized spacial score (nSPS) is 10.9. The van der Waals surface area contributed by atoms with E-state index < -0.39 is 0 Å². The fourth-order valence-corrected chi connectivity index (χ4v) is 2.83. The molecular weight excluding hydrogens is 268 g/mol. The Bertz CT molecular complexity index is 893. The molecule has 1 aromatic heterocycles. The largest absolute Gasteiger partial charge is 0.236 e. The van der Waals surface area contributed by atoms with Gasteiger partial charge in [-0.3, -0.25) is 0 Å². The first-order chi connectivity index (χ1) is 10.9. The van der Waals surface area contributed by atoms with Crippen molar-refractivity contribution in [2.75, 3.05) is 0 Å². The molecular formula is C20H16N2. The van der Waals surface area contributed by atoms with E-state index in [2.05, 4.69) is 65.3 Å². The molecule has 4 aromatic rings. The van der Waals surface area contributed by atoms with Crippen LogP contribution < -0.4 is 0 Å². The van der Waals surface area contributed by atoms with Gasteiger partial charge >= 0.3 is 0 Å². The molecule has 0 radical (unpaired) electrons. The maximum Gasteiger partial charge on any atom is 0.0930 e. The van der Waals surface area contributed by atoms with Crippen LogP contribution in [0.4, 0.5) is 0 Å². The standard InChI is InChI=1S/C20H16N2/c1-3-9-16(10-4-1)15-20-18-13-7-8-14-19(18)21-22(20)17-11-5-2-6-12-17/h1-14H,15H2. The Morgan fingerprint density at radius 3 is 2.09 bits per heavy atom. The molecule has 0 aliphatic heterocycles. The molecule has 0 saturated carbocycles. The average Bonchev–Trinajstić information content (AvgIpc) is 2.95. The van der Waals surface area contributed by atoms with E-state index in [1.54, 1.807) is 0 Å². The number of rotatable bonds is 3. The Morgan fingerprint density at radius 2 is 1.32 bits per heavy atom. The van der Waals surface area contributed by atoms with Crippen molar-refractivity contribution >= 4 is 10.9 Å². The minimum atomic E-state index is 0.871. The monoisotopic (exact) mass is 284 g/mol. The SMILES string of the molecule is c1ccc(Cc2c3ccccc3nn2-c2ccccc2)cc1. The zero-order valence-electron chi connectivity index (χ0n) is 12.2. The Hall–Kier alpha value is -2.87. The van der Waals surface area contributed by atoms with E-state index >= 15 is 0 Å². The van der Waals surface area contributed by atoms with E-state index in [0.29, 0.717) is 0 Å². The van der Waals surface area contributed by atoms with Crippen molar-refractivity contribution in [3.63, 3.8) is 0 Å². The van der Waals surface area contributed by atoms with E-state index in [4.69, 9.17) is 5.10 Å². The number of nitrogens with zero attached hydrogens (tertiary/aromatic N) is 2. The van der Waals surface area contributed by atoms with Crippen LogP contribution in [0.1, 0.15) is 11.3 Å². The molecule has 106 valence electrons. The first-order valence-electron chi connectivity index (χ1n) is 7.48. The van der Waals surface area contributed by atoms with Crippen LogP contribution in [-0.4, -0.2) is 9.78 Å². The van der Waals surface area contributed by atoms with Gasteiger partial charge in [-0.05, 0) is 23.8 Å². The van der Waals surface area contributed by atoms with E-state index in [1.165, 1.54) is 16.6 Å². The van der Waals surface area contributed by atoms with Crippen LogP contribution in [0.15, 0.2) is 84.9 Å². The average molecular weight is 284 g/mol. The second-order valence-electron chi connectivity index (χ2n) is 5.37. The number of hydrogen-bond donors (Lipinski definition) is 0. The summed E-state index contributed by atoms with van der Waals surface area (Å²) >= 11 is 0. The van der Waals surface area contributed by atoms with Gasteiger partial charge in [-0.1, -0.05) is 66.7 Å². The van der Waals surface area contributed by atoms with Gasteiger partial charge in [0.15, 0.2) is 0 Å². The maximum absolute atomic E-state index is 4.80. The molecule has 0 aliphatic carbocycles. The molecule has 22 heavy (non-hydrogen) atoms. The van der Waals surface area contributed by atoms with Crippen LogP contribution in [0.3, 0.4) is 0 Å². The first-order valence-corrected chi connectivity index (χ1v) is 7.48. The zero-order valence-corrected chi connectivity index (χ0v) is 12.2. The Kier molecular flexibility index (Phi) is 3.20. The smallest absolute Gasteiger partial charge is 0.0930 e. The Balaban J connectivity index is 1.91.